The lowest BCUT2D eigenvalue weighted by Crippen LogP contribution is -2.33. The molecule has 6 nitrogen and oxygen atoms in total. The van der Waals surface area contributed by atoms with Crippen LogP contribution in [0.25, 0.3) is 21.5 Å². The number of fused-ring (bicyclic) bond motifs is 2. The van der Waals surface area contributed by atoms with E-state index in [9.17, 15) is 9.59 Å². The molecule has 0 aromatic heterocycles. The summed E-state index contributed by atoms with van der Waals surface area (Å²) >= 11 is 0. The van der Waals surface area contributed by atoms with Gasteiger partial charge in [-0.1, -0.05) is 72.8 Å². The second-order valence-corrected chi connectivity index (χ2v) is 8.46. The molecule has 5 rings (SSSR count). The van der Waals surface area contributed by atoms with Gasteiger partial charge in [0.05, 0.1) is 11.8 Å². The summed E-state index contributed by atoms with van der Waals surface area (Å²) in [7, 11) is 0. The molecule has 182 valence electrons. The van der Waals surface area contributed by atoms with Crippen LogP contribution in [0.1, 0.15) is 22.8 Å². The quantitative estimate of drug-likeness (QED) is 0.129. The van der Waals surface area contributed by atoms with Crippen molar-refractivity contribution in [2.45, 2.75) is 13.0 Å². The Hall–Kier alpha value is -4.97. The lowest BCUT2D eigenvalue weighted by atomic mass is 10.0. The molecule has 0 aliphatic rings. The van der Waals surface area contributed by atoms with E-state index in [4.69, 9.17) is 9.47 Å². The predicted octanol–water partition coefficient (Wildman–Crippen LogP) is 6.13. The fourth-order valence-electron chi connectivity index (χ4n) is 3.99. The van der Waals surface area contributed by atoms with Crippen molar-refractivity contribution in [1.29, 1.82) is 0 Å². The van der Waals surface area contributed by atoms with Crippen LogP contribution in [0.2, 0.25) is 0 Å². The van der Waals surface area contributed by atoms with Crippen molar-refractivity contribution in [3.8, 4) is 11.5 Å². The number of carbonyl (C=O) groups excluding carboxylic acids is 2. The fourth-order valence-corrected chi connectivity index (χ4v) is 3.99. The van der Waals surface area contributed by atoms with Crippen molar-refractivity contribution < 1.29 is 19.1 Å². The van der Waals surface area contributed by atoms with Gasteiger partial charge in [0.2, 0.25) is 0 Å². The van der Waals surface area contributed by atoms with Gasteiger partial charge in [0.1, 0.15) is 11.5 Å². The molecule has 5 aromatic carbocycles. The molecule has 0 bridgehead atoms. The monoisotopic (exact) mass is 488 g/mol. The number of esters is 1. The summed E-state index contributed by atoms with van der Waals surface area (Å²) in [5.41, 5.74) is 3.74. The molecule has 0 heterocycles. The standard InChI is InChI=1S/C31H24N2O4/c1-21(36-29-15-7-11-24-9-3-5-13-27(24)29)30(34)33-32-20-22-16-18-25(19-17-22)37-31(35)28-14-6-10-23-8-2-4-12-26(23)28/h2-21H,1H3,(H,33,34)/b32-20-/t21-/m1/s1. The predicted molar refractivity (Wildman–Crippen MR) is 145 cm³/mol. The fraction of sp³-hybridized carbons (Fsp3) is 0.0645. The summed E-state index contributed by atoms with van der Waals surface area (Å²) in [6, 6.07) is 33.6. The van der Waals surface area contributed by atoms with E-state index in [1.165, 1.54) is 6.21 Å². The molecule has 0 saturated heterocycles. The summed E-state index contributed by atoms with van der Waals surface area (Å²) in [6.45, 7) is 1.67. The number of hydrogen-bond donors (Lipinski definition) is 1. The first-order valence-corrected chi connectivity index (χ1v) is 11.9. The molecule has 1 atom stereocenters. The van der Waals surface area contributed by atoms with Gasteiger partial charge < -0.3 is 9.47 Å². The summed E-state index contributed by atoms with van der Waals surface area (Å²) in [6.07, 6.45) is 0.776. The normalized spacial score (nSPS) is 11.9. The van der Waals surface area contributed by atoms with Crippen LogP contribution in [0, 0.1) is 0 Å². The molecular weight excluding hydrogens is 464 g/mol. The highest BCUT2D eigenvalue weighted by molar-refractivity contribution is 6.05. The first-order valence-electron chi connectivity index (χ1n) is 11.9. The van der Waals surface area contributed by atoms with Gasteiger partial charge in [-0.05, 0) is 65.0 Å². The third kappa shape index (κ3) is 5.49. The third-order valence-electron chi connectivity index (χ3n) is 5.91. The minimum absolute atomic E-state index is 0.371. The molecule has 37 heavy (non-hydrogen) atoms. The minimum atomic E-state index is -0.737. The molecule has 0 spiro atoms. The maximum atomic E-state index is 12.7. The van der Waals surface area contributed by atoms with Gasteiger partial charge in [-0.25, -0.2) is 10.2 Å². The second kappa shape index (κ2) is 10.7. The SMILES string of the molecule is C[C@@H](Oc1cccc2ccccc12)C(=O)N/N=C\c1ccc(OC(=O)c2cccc3ccccc23)cc1. The van der Waals surface area contributed by atoms with E-state index in [-0.39, 0.29) is 5.91 Å². The maximum Gasteiger partial charge on any atom is 0.344 e. The van der Waals surface area contributed by atoms with Crippen LogP contribution in [0.3, 0.4) is 0 Å². The van der Waals surface area contributed by atoms with Crippen LogP contribution in [0.15, 0.2) is 114 Å². The second-order valence-electron chi connectivity index (χ2n) is 8.46. The Morgan fingerprint density at radius 2 is 1.38 bits per heavy atom. The number of hydrogen-bond acceptors (Lipinski definition) is 5. The highest BCUT2D eigenvalue weighted by atomic mass is 16.5. The molecule has 0 radical (unpaired) electrons. The summed E-state index contributed by atoms with van der Waals surface area (Å²) < 4.78 is 11.4. The number of hydrazone groups is 1. The molecule has 0 unspecified atom stereocenters. The minimum Gasteiger partial charge on any atom is -0.480 e. The Morgan fingerprint density at radius 1 is 0.757 bits per heavy atom. The first-order chi connectivity index (χ1) is 18.1. The molecule has 0 aliphatic carbocycles. The zero-order chi connectivity index (χ0) is 25.6. The Morgan fingerprint density at radius 3 is 2.14 bits per heavy atom. The largest absolute Gasteiger partial charge is 0.480 e. The van der Waals surface area contributed by atoms with Gasteiger partial charge in [-0.2, -0.15) is 5.10 Å². The van der Waals surface area contributed by atoms with E-state index in [2.05, 4.69) is 10.5 Å². The lowest BCUT2D eigenvalue weighted by molar-refractivity contribution is -0.127. The molecule has 0 fully saturated rings. The van der Waals surface area contributed by atoms with Crippen molar-refractivity contribution in [2.24, 2.45) is 5.10 Å². The van der Waals surface area contributed by atoms with Crippen molar-refractivity contribution in [1.82, 2.24) is 5.43 Å². The summed E-state index contributed by atoms with van der Waals surface area (Å²) in [5.74, 6) is 0.255. The Labute approximate surface area is 214 Å². The first kappa shape index (κ1) is 23.8. The van der Waals surface area contributed by atoms with Crippen LogP contribution in [-0.4, -0.2) is 24.2 Å². The van der Waals surface area contributed by atoms with E-state index in [0.29, 0.717) is 17.1 Å². The molecule has 1 N–H and O–H groups in total. The molecule has 0 saturated carbocycles. The smallest absolute Gasteiger partial charge is 0.344 e. The number of nitrogens with one attached hydrogen (secondary N) is 1. The van der Waals surface area contributed by atoms with Crippen molar-refractivity contribution >= 4 is 39.6 Å². The van der Waals surface area contributed by atoms with Crippen LogP contribution < -0.4 is 14.9 Å². The Bertz CT molecular complexity index is 1600. The Kier molecular flexibility index (Phi) is 6.90. The van der Waals surface area contributed by atoms with E-state index >= 15 is 0 Å². The average Bonchev–Trinajstić information content (AvgIpc) is 2.93. The van der Waals surface area contributed by atoms with Gasteiger partial charge >= 0.3 is 5.97 Å². The van der Waals surface area contributed by atoms with Crippen LogP contribution in [0.5, 0.6) is 11.5 Å². The highest BCUT2D eigenvalue weighted by Crippen LogP contribution is 2.26. The number of benzene rings is 5. The van der Waals surface area contributed by atoms with Crippen molar-refractivity contribution in [3.05, 3.63) is 120 Å². The topological polar surface area (TPSA) is 77.0 Å². The van der Waals surface area contributed by atoms with Gasteiger partial charge in [-0.3, -0.25) is 4.79 Å². The van der Waals surface area contributed by atoms with Gasteiger partial charge in [0.15, 0.2) is 6.10 Å². The highest BCUT2D eigenvalue weighted by Gasteiger charge is 2.15. The zero-order valence-electron chi connectivity index (χ0n) is 20.1. The van der Waals surface area contributed by atoms with Gasteiger partial charge in [-0.15, -0.1) is 0 Å². The van der Waals surface area contributed by atoms with E-state index in [1.807, 2.05) is 78.9 Å². The molecule has 0 aliphatic heterocycles. The van der Waals surface area contributed by atoms with Gasteiger partial charge in [0.25, 0.3) is 5.91 Å². The average molecular weight is 489 g/mol. The number of nitrogens with zero attached hydrogens (tertiary/aromatic N) is 1. The number of carbonyl (C=O) groups is 2. The van der Waals surface area contributed by atoms with Crippen molar-refractivity contribution in [2.75, 3.05) is 0 Å². The number of ether oxygens (including phenoxy) is 2. The molecule has 6 heteroatoms. The number of amides is 1. The summed E-state index contributed by atoms with van der Waals surface area (Å²) in [4.78, 5) is 25.2. The van der Waals surface area contributed by atoms with E-state index in [0.717, 1.165) is 27.1 Å². The van der Waals surface area contributed by atoms with E-state index in [1.54, 1.807) is 37.3 Å². The third-order valence-corrected chi connectivity index (χ3v) is 5.91. The Balaban J connectivity index is 1.17. The molecule has 5 aromatic rings. The zero-order valence-corrected chi connectivity index (χ0v) is 20.1. The van der Waals surface area contributed by atoms with E-state index < -0.39 is 12.1 Å². The molecular formula is C31H24N2O4. The van der Waals surface area contributed by atoms with Crippen LogP contribution in [0.4, 0.5) is 0 Å². The lowest BCUT2D eigenvalue weighted by Gasteiger charge is -2.14. The maximum absolute atomic E-state index is 12.7. The van der Waals surface area contributed by atoms with Crippen LogP contribution >= 0.6 is 0 Å². The van der Waals surface area contributed by atoms with Crippen LogP contribution in [-0.2, 0) is 4.79 Å². The molecule has 1 amide bonds. The summed E-state index contributed by atoms with van der Waals surface area (Å²) in [5, 5.41) is 7.82. The van der Waals surface area contributed by atoms with Gasteiger partial charge in [0, 0.05) is 5.39 Å². The van der Waals surface area contributed by atoms with Crippen molar-refractivity contribution in [3.63, 3.8) is 0 Å². The number of rotatable bonds is 7.